The number of nitrogens with two attached hydrogens (primary N) is 1. The molecule has 0 aromatic rings. The van der Waals surface area contributed by atoms with Gasteiger partial charge < -0.3 is 15.4 Å². The van der Waals surface area contributed by atoms with Crippen LogP contribution in [0.3, 0.4) is 0 Å². The fourth-order valence-corrected chi connectivity index (χ4v) is 1.62. The highest BCUT2D eigenvalue weighted by Crippen LogP contribution is 2.27. The summed E-state index contributed by atoms with van der Waals surface area (Å²) in [6, 6.07) is 0.200. The molecule has 1 fully saturated rings. The van der Waals surface area contributed by atoms with Crippen molar-refractivity contribution < 1.29 is 4.74 Å². The Morgan fingerprint density at radius 1 is 1.67 bits per heavy atom. The van der Waals surface area contributed by atoms with Gasteiger partial charge in [0, 0.05) is 18.0 Å². The summed E-state index contributed by atoms with van der Waals surface area (Å²) in [7, 11) is 2.12. The molecule has 1 heterocycles. The van der Waals surface area contributed by atoms with Crippen LogP contribution in [-0.2, 0) is 4.74 Å². The van der Waals surface area contributed by atoms with E-state index < -0.39 is 0 Å². The minimum absolute atomic E-state index is 0.157. The van der Waals surface area contributed by atoms with Crippen LogP contribution in [0.4, 0.5) is 0 Å². The van der Waals surface area contributed by atoms with E-state index in [4.69, 9.17) is 10.5 Å². The van der Waals surface area contributed by atoms with Gasteiger partial charge in [-0.2, -0.15) is 0 Å². The van der Waals surface area contributed by atoms with E-state index in [1.807, 2.05) is 0 Å². The van der Waals surface area contributed by atoms with Crippen molar-refractivity contribution in [3.63, 3.8) is 0 Å². The Labute approximate surface area is 74.9 Å². The minimum atomic E-state index is 0.157. The van der Waals surface area contributed by atoms with Gasteiger partial charge in [-0.3, -0.25) is 0 Å². The molecule has 0 radical (unpaired) electrons. The summed E-state index contributed by atoms with van der Waals surface area (Å²) < 4.78 is 5.37. The van der Waals surface area contributed by atoms with E-state index in [9.17, 15) is 0 Å². The topological polar surface area (TPSA) is 38.5 Å². The maximum atomic E-state index is 5.96. The smallest absolute Gasteiger partial charge is 0.0624 e. The number of rotatable bonds is 3. The average Bonchev–Trinajstić information content (AvgIpc) is 2.32. The van der Waals surface area contributed by atoms with Crippen molar-refractivity contribution >= 4 is 0 Å². The van der Waals surface area contributed by atoms with Crippen LogP contribution in [0.1, 0.15) is 13.8 Å². The third-order valence-corrected chi connectivity index (χ3v) is 2.80. The molecule has 72 valence electrons. The third kappa shape index (κ3) is 1.97. The monoisotopic (exact) mass is 172 g/mol. The zero-order chi connectivity index (χ0) is 9.19. The predicted molar refractivity (Wildman–Crippen MR) is 50.1 cm³/mol. The van der Waals surface area contributed by atoms with Gasteiger partial charge in [-0.1, -0.05) is 13.8 Å². The van der Waals surface area contributed by atoms with Crippen molar-refractivity contribution in [3.8, 4) is 0 Å². The van der Waals surface area contributed by atoms with Gasteiger partial charge in [-0.05, 0) is 13.6 Å². The zero-order valence-electron chi connectivity index (χ0n) is 8.34. The summed E-state index contributed by atoms with van der Waals surface area (Å²) >= 11 is 0. The van der Waals surface area contributed by atoms with Crippen molar-refractivity contribution in [2.75, 3.05) is 33.4 Å². The van der Waals surface area contributed by atoms with Gasteiger partial charge in [0.15, 0.2) is 0 Å². The summed E-state index contributed by atoms with van der Waals surface area (Å²) in [4.78, 5) is 2.29. The molecule has 2 unspecified atom stereocenters. The molecule has 2 N–H and O–H groups in total. The van der Waals surface area contributed by atoms with Crippen LogP contribution < -0.4 is 5.73 Å². The molecule has 0 aromatic heterocycles. The molecule has 1 saturated heterocycles. The molecule has 0 aliphatic carbocycles. The minimum Gasteiger partial charge on any atom is -0.379 e. The van der Waals surface area contributed by atoms with Crippen molar-refractivity contribution in [2.45, 2.75) is 19.9 Å². The zero-order valence-corrected chi connectivity index (χ0v) is 8.34. The Kier molecular flexibility index (Phi) is 3.09. The Balaban J connectivity index is 2.47. The van der Waals surface area contributed by atoms with Crippen molar-refractivity contribution in [1.82, 2.24) is 4.90 Å². The number of ether oxygens (including phenoxy) is 1. The van der Waals surface area contributed by atoms with Gasteiger partial charge in [-0.15, -0.1) is 0 Å². The highest BCUT2D eigenvalue weighted by Gasteiger charge is 2.37. The van der Waals surface area contributed by atoms with Gasteiger partial charge in [0.2, 0.25) is 0 Å². The summed E-state index contributed by atoms with van der Waals surface area (Å²) in [5, 5.41) is 0. The van der Waals surface area contributed by atoms with Crippen LogP contribution >= 0.6 is 0 Å². The summed E-state index contributed by atoms with van der Waals surface area (Å²) in [5.41, 5.74) is 6.12. The predicted octanol–water partition coefficient (Wildman–Crippen LogP) is 0.302. The quantitative estimate of drug-likeness (QED) is 0.665. The first-order valence-electron chi connectivity index (χ1n) is 4.60. The molecule has 12 heavy (non-hydrogen) atoms. The molecule has 0 spiro atoms. The van der Waals surface area contributed by atoms with Gasteiger partial charge in [0.25, 0.3) is 0 Å². The molecule has 3 heteroatoms. The van der Waals surface area contributed by atoms with Crippen LogP contribution in [-0.4, -0.2) is 44.3 Å². The van der Waals surface area contributed by atoms with E-state index in [1.165, 1.54) is 0 Å². The van der Waals surface area contributed by atoms with Crippen LogP contribution in [0.2, 0.25) is 0 Å². The first-order chi connectivity index (χ1) is 5.58. The lowest BCUT2D eigenvalue weighted by atomic mass is 9.85. The Morgan fingerprint density at radius 3 is 2.75 bits per heavy atom. The maximum Gasteiger partial charge on any atom is 0.0624 e. The third-order valence-electron chi connectivity index (χ3n) is 2.80. The lowest BCUT2D eigenvalue weighted by Gasteiger charge is -2.31. The van der Waals surface area contributed by atoms with Crippen LogP contribution in [0.5, 0.6) is 0 Å². The van der Waals surface area contributed by atoms with E-state index >= 15 is 0 Å². The van der Waals surface area contributed by atoms with Crippen molar-refractivity contribution in [1.29, 1.82) is 0 Å². The molecular weight excluding hydrogens is 152 g/mol. The molecule has 2 atom stereocenters. The second-order valence-electron chi connectivity index (χ2n) is 4.11. The molecule has 0 amide bonds. The maximum absolute atomic E-state index is 5.96. The van der Waals surface area contributed by atoms with E-state index in [0.717, 1.165) is 19.7 Å². The van der Waals surface area contributed by atoms with Gasteiger partial charge in [0.05, 0.1) is 13.2 Å². The molecule has 1 rings (SSSR count). The van der Waals surface area contributed by atoms with Gasteiger partial charge in [0.1, 0.15) is 0 Å². The average molecular weight is 172 g/mol. The number of hydrogen-bond acceptors (Lipinski definition) is 3. The first-order valence-corrected chi connectivity index (χ1v) is 4.60. The SMILES string of the molecule is CCN(C)CC1(C)COCC1N. The highest BCUT2D eigenvalue weighted by atomic mass is 16.5. The van der Waals surface area contributed by atoms with E-state index in [-0.39, 0.29) is 11.5 Å². The first kappa shape index (κ1) is 9.96. The van der Waals surface area contributed by atoms with Crippen LogP contribution in [0, 0.1) is 5.41 Å². The van der Waals surface area contributed by atoms with Crippen LogP contribution in [0.15, 0.2) is 0 Å². The second kappa shape index (κ2) is 3.73. The molecule has 1 aliphatic heterocycles. The summed E-state index contributed by atoms with van der Waals surface area (Å²) in [5.74, 6) is 0. The highest BCUT2D eigenvalue weighted by molar-refractivity contribution is 4.91. The molecule has 3 nitrogen and oxygen atoms in total. The van der Waals surface area contributed by atoms with Gasteiger partial charge in [-0.25, -0.2) is 0 Å². The fraction of sp³-hybridized carbons (Fsp3) is 1.00. The van der Waals surface area contributed by atoms with Gasteiger partial charge >= 0.3 is 0 Å². The largest absolute Gasteiger partial charge is 0.379 e. The molecule has 0 bridgehead atoms. The molecular formula is C9H20N2O. The standard InChI is InChI=1S/C9H20N2O/c1-4-11(3)6-9(2)7-12-5-8(9)10/h8H,4-7,10H2,1-3H3. The lowest BCUT2D eigenvalue weighted by molar-refractivity contribution is 0.132. The van der Waals surface area contributed by atoms with E-state index in [0.29, 0.717) is 6.61 Å². The fourth-order valence-electron chi connectivity index (χ4n) is 1.62. The second-order valence-corrected chi connectivity index (χ2v) is 4.11. The molecule has 0 aromatic carbocycles. The summed E-state index contributed by atoms with van der Waals surface area (Å²) in [6.07, 6.45) is 0. The lowest BCUT2D eigenvalue weighted by Crippen LogP contribution is -2.45. The van der Waals surface area contributed by atoms with Crippen LogP contribution in [0.25, 0.3) is 0 Å². The Bertz CT molecular complexity index is 151. The van der Waals surface area contributed by atoms with E-state index in [2.05, 4.69) is 25.8 Å². The number of hydrogen-bond donors (Lipinski definition) is 1. The molecule has 1 aliphatic rings. The Hall–Kier alpha value is -0.120. The van der Waals surface area contributed by atoms with Crippen molar-refractivity contribution in [3.05, 3.63) is 0 Å². The Morgan fingerprint density at radius 2 is 2.33 bits per heavy atom. The molecule has 0 saturated carbocycles. The number of nitrogens with zero attached hydrogens (tertiary/aromatic N) is 1. The summed E-state index contributed by atoms with van der Waals surface area (Å²) in [6.45, 7) is 7.99. The van der Waals surface area contributed by atoms with Crippen molar-refractivity contribution in [2.24, 2.45) is 11.1 Å². The normalized spacial score (nSPS) is 36.2. The van der Waals surface area contributed by atoms with E-state index in [1.54, 1.807) is 0 Å².